The molecule has 25 heteroatoms. The summed E-state index contributed by atoms with van der Waals surface area (Å²) in [5.74, 6) is -2.31. The lowest BCUT2D eigenvalue weighted by molar-refractivity contribution is 0.374. The second kappa shape index (κ2) is 12.4. The summed E-state index contributed by atoms with van der Waals surface area (Å²) < 4.78 is 129. The molecule has 262 valence electrons. The molecule has 1 aromatic heterocycles. The van der Waals surface area contributed by atoms with Gasteiger partial charge in [0.05, 0.1) is 20.4 Å². The Kier molecular flexibility index (Phi) is 9.17. The topological polar surface area (TPSA) is 346 Å². The quantitative estimate of drug-likeness (QED) is 0.0601. The van der Waals surface area contributed by atoms with Crippen LogP contribution in [-0.2, 0) is 20.2 Å². The van der Waals surface area contributed by atoms with E-state index >= 15 is 0 Å². The summed E-state index contributed by atoms with van der Waals surface area (Å²) >= 11 is 5.88. The van der Waals surface area contributed by atoms with Crippen LogP contribution in [0.2, 0.25) is 5.28 Å². The number of nitrogens with one attached hydrogen (secondary N) is 1. The van der Waals surface area contributed by atoms with Gasteiger partial charge in [-0.05, 0) is 54.2 Å². The van der Waals surface area contributed by atoms with Crippen LogP contribution in [-0.4, -0.2) is 78.4 Å². The van der Waals surface area contributed by atoms with Gasteiger partial charge in [-0.15, -0.1) is 10.2 Å². The SMILES string of the molecule is Cc1nc(Cl)nc(Nc2cc(S(=O)(=O)O)cc3cc(S(O)(O)O)c(N=Nc4cc(S(=O)(=O)O)c5cccc(S(O)(O)O)c5c4O)c(O)c23)n1. The maximum absolute atomic E-state index is 12.3. The van der Waals surface area contributed by atoms with Crippen LogP contribution in [0.3, 0.4) is 0 Å². The van der Waals surface area contributed by atoms with Crippen LogP contribution in [0.15, 0.2) is 72.3 Å². The van der Waals surface area contributed by atoms with Gasteiger partial charge >= 0.3 is 0 Å². The normalized spacial score (nSPS) is 13.8. The van der Waals surface area contributed by atoms with Crippen molar-refractivity contribution in [3.8, 4) is 11.5 Å². The molecule has 20 nitrogen and oxygen atoms in total. The summed E-state index contributed by atoms with van der Waals surface area (Å²) in [6.07, 6.45) is 0. The van der Waals surface area contributed by atoms with Crippen LogP contribution in [0, 0.1) is 6.92 Å². The Labute approximate surface area is 282 Å². The van der Waals surface area contributed by atoms with Gasteiger partial charge in [0.1, 0.15) is 43.8 Å². The molecule has 0 spiro atoms. The van der Waals surface area contributed by atoms with Gasteiger partial charge in [0.2, 0.25) is 11.2 Å². The number of aromatic nitrogens is 3. The van der Waals surface area contributed by atoms with Crippen molar-refractivity contribution in [2.24, 2.45) is 10.2 Å². The zero-order chi connectivity index (χ0) is 36.4. The zero-order valence-electron chi connectivity index (χ0n) is 23.9. The van der Waals surface area contributed by atoms with E-state index in [1.807, 2.05) is 0 Å². The highest BCUT2D eigenvalue weighted by Crippen LogP contribution is 2.56. The number of aryl methyl sites for hydroxylation is 1. The molecule has 0 amide bonds. The number of phenols is 2. The first-order valence-electron chi connectivity index (χ1n) is 12.6. The molecule has 0 atom stereocenters. The zero-order valence-corrected chi connectivity index (χ0v) is 27.9. The third-order valence-corrected chi connectivity index (χ3v) is 10.3. The molecule has 1 heterocycles. The van der Waals surface area contributed by atoms with Gasteiger partial charge in [0.25, 0.3) is 20.2 Å². The molecule has 11 N–H and O–H groups in total. The molecular formula is C24H21ClN6O14S4. The van der Waals surface area contributed by atoms with Crippen molar-refractivity contribution in [2.45, 2.75) is 26.5 Å². The van der Waals surface area contributed by atoms with Gasteiger partial charge in [0.15, 0.2) is 11.5 Å². The fraction of sp³-hybridized carbons (Fsp3) is 0.0417. The average Bonchev–Trinajstić information content (AvgIpc) is 2.94. The molecule has 0 saturated heterocycles. The number of benzene rings is 4. The molecule has 0 saturated carbocycles. The summed E-state index contributed by atoms with van der Waals surface area (Å²) in [6, 6.07) is 5.93. The molecule has 4 aromatic carbocycles. The smallest absolute Gasteiger partial charge is 0.295 e. The summed E-state index contributed by atoms with van der Waals surface area (Å²) in [6.45, 7) is 1.43. The van der Waals surface area contributed by atoms with Crippen molar-refractivity contribution < 1.29 is 63.5 Å². The Morgan fingerprint density at radius 1 is 0.714 bits per heavy atom. The average molecular weight is 781 g/mol. The van der Waals surface area contributed by atoms with E-state index in [2.05, 4.69) is 30.5 Å². The Bertz CT molecular complexity index is 2430. The number of hydrogen-bond donors (Lipinski definition) is 11. The Hall–Kier alpha value is -4.02. The Balaban J connectivity index is 1.84. The maximum atomic E-state index is 12.3. The lowest BCUT2D eigenvalue weighted by Gasteiger charge is -2.23. The molecule has 0 aliphatic heterocycles. The molecule has 49 heavy (non-hydrogen) atoms. The van der Waals surface area contributed by atoms with Crippen LogP contribution < -0.4 is 5.32 Å². The molecule has 5 aromatic rings. The first kappa shape index (κ1) is 36.3. The molecule has 0 fully saturated rings. The Morgan fingerprint density at radius 2 is 1.37 bits per heavy atom. The van der Waals surface area contributed by atoms with E-state index in [0.717, 1.165) is 36.4 Å². The fourth-order valence-electron chi connectivity index (χ4n) is 4.64. The fourth-order valence-corrected chi connectivity index (χ4v) is 7.52. The first-order chi connectivity index (χ1) is 22.5. The van der Waals surface area contributed by atoms with Crippen LogP contribution in [0.4, 0.5) is 23.0 Å². The standard InChI is InChI=1S/C24H21ClN6O14S4/c1-9-26-23(25)29-24(27-9)28-13-7-11(46(34,35)36)5-10-6-17(49(43,44)45)20(22(33)18(10)13)31-30-14-8-16(48(40,41)42)12-3-2-4-15(47(37,38)39)19(12)21(14)32/h2-8,32-33,37-39,43-45H,1H3,(H,34,35,36)(H,40,41,42)(H,26,27,28,29). The minimum Gasteiger partial charge on any atom is -0.505 e. The second-order valence-electron chi connectivity index (χ2n) is 9.85. The van der Waals surface area contributed by atoms with Gasteiger partial charge < -0.3 is 42.8 Å². The largest absolute Gasteiger partial charge is 0.505 e. The van der Waals surface area contributed by atoms with E-state index in [9.17, 15) is 63.5 Å². The van der Waals surface area contributed by atoms with E-state index in [4.69, 9.17) is 11.6 Å². The van der Waals surface area contributed by atoms with Crippen LogP contribution in [0.25, 0.3) is 21.5 Å². The molecular weight excluding hydrogens is 760 g/mol. The van der Waals surface area contributed by atoms with Crippen LogP contribution in [0.1, 0.15) is 5.82 Å². The van der Waals surface area contributed by atoms with E-state index < -0.39 is 95.2 Å². The van der Waals surface area contributed by atoms with Crippen LogP contribution in [0.5, 0.6) is 11.5 Å². The third kappa shape index (κ3) is 7.31. The molecule has 5 rings (SSSR count). The number of aromatic hydroxyl groups is 2. The lowest BCUT2D eigenvalue weighted by atomic mass is 10.1. The molecule has 0 aliphatic carbocycles. The number of phenolic OH excluding ortho intramolecular Hbond substituents is 2. The summed E-state index contributed by atoms with van der Waals surface area (Å²) in [5, 5.41) is 30.0. The summed E-state index contributed by atoms with van der Waals surface area (Å²) in [4.78, 5) is 8.04. The molecule has 0 radical (unpaired) electrons. The number of halogens is 1. The van der Waals surface area contributed by atoms with Crippen molar-refractivity contribution in [1.29, 1.82) is 0 Å². The van der Waals surface area contributed by atoms with Gasteiger partial charge in [-0.3, -0.25) is 9.11 Å². The number of rotatable bonds is 8. The number of azo groups is 1. The molecule has 0 bridgehead atoms. The highest BCUT2D eigenvalue weighted by Gasteiger charge is 2.30. The highest BCUT2D eigenvalue weighted by atomic mass is 35.5. The molecule has 0 aliphatic rings. The number of fused-ring (bicyclic) bond motifs is 2. The van der Waals surface area contributed by atoms with Crippen molar-refractivity contribution >= 4 is 98.1 Å². The predicted octanol–water partition coefficient (Wildman–Crippen LogP) is 6.37. The first-order valence-corrected chi connectivity index (χ1v) is 18.9. The summed E-state index contributed by atoms with van der Waals surface area (Å²) in [5.41, 5.74) is -2.21. The van der Waals surface area contributed by atoms with Gasteiger partial charge in [-0.25, -0.2) is 4.98 Å². The maximum Gasteiger partial charge on any atom is 0.295 e. The minimum absolute atomic E-state index is 0.0954. The third-order valence-electron chi connectivity index (χ3n) is 6.55. The van der Waals surface area contributed by atoms with Crippen molar-refractivity contribution in [2.75, 3.05) is 5.32 Å². The minimum atomic E-state index is -5.16. The Morgan fingerprint density at radius 3 is 1.94 bits per heavy atom. The van der Waals surface area contributed by atoms with E-state index in [1.165, 1.54) is 6.92 Å². The van der Waals surface area contributed by atoms with Crippen molar-refractivity contribution in [3.05, 3.63) is 53.6 Å². The van der Waals surface area contributed by atoms with E-state index in [-0.39, 0.29) is 33.5 Å². The monoisotopic (exact) mass is 780 g/mol. The number of nitrogens with zero attached hydrogens (tertiary/aromatic N) is 5. The van der Waals surface area contributed by atoms with Crippen LogP contribution >= 0.6 is 33.3 Å². The van der Waals surface area contributed by atoms with E-state index in [0.29, 0.717) is 6.07 Å². The predicted molar refractivity (Wildman–Crippen MR) is 175 cm³/mol. The van der Waals surface area contributed by atoms with Crippen molar-refractivity contribution in [3.63, 3.8) is 0 Å². The van der Waals surface area contributed by atoms with Crippen molar-refractivity contribution in [1.82, 2.24) is 15.0 Å². The van der Waals surface area contributed by atoms with Gasteiger partial charge in [-0.2, -0.15) is 26.8 Å². The molecule has 0 unspecified atom stereocenters. The van der Waals surface area contributed by atoms with Gasteiger partial charge in [-0.1, -0.05) is 12.1 Å². The van der Waals surface area contributed by atoms with E-state index in [1.54, 1.807) is 0 Å². The number of hydrogen-bond acceptors (Lipinski definition) is 18. The second-order valence-corrected chi connectivity index (χ2v) is 16.0. The van der Waals surface area contributed by atoms with Gasteiger partial charge in [0, 0.05) is 16.2 Å². The summed E-state index contributed by atoms with van der Waals surface area (Å²) in [7, 11) is -19.6. The lowest BCUT2D eigenvalue weighted by Crippen LogP contribution is -2.05. The highest BCUT2D eigenvalue weighted by molar-refractivity contribution is 8.19. The number of anilines is 2.